The molecular weight excluding hydrogens is 488 g/mol. The normalized spacial score (nSPS) is 16.1. The Balaban J connectivity index is 1.51. The van der Waals surface area contributed by atoms with E-state index in [4.69, 9.17) is 4.98 Å². The van der Waals surface area contributed by atoms with Crippen LogP contribution in [0.3, 0.4) is 0 Å². The van der Waals surface area contributed by atoms with Crippen LogP contribution in [0.5, 0.6) is 0 Å². The molecule has 0 saturated heterocycles. The second kappa shape index (κ2) is 8.86. The third kappa shape index (κ3) is 4.16. The molecule has 4 aromatic rings. The van der Waals surface area contributed by atoms with Gasteiger partial charge in [0.2, 0.25) is 10.0 Å². The van der Waals surface area contributed by atoms with E-state index in [-0.39, 0.29) is 10.8 Å². The van der Waals surface area contributed by atoms with Crippen LogP contribution in [-0.4, -0.2) is 51.3 Å². The van der Waals surface area contributed by atoms with Gasteiger partial charge < -0.3 is 10.2 Å². The molecule has 176 valence electrons. The summed E-state index contributed by atoms with van der Waals surface area (Å²) in [4.78, 5) is 20.9. The SMILES string of the molecule is CN(C)S(=O)(=O)c1ccc(C(=O)Nc2sc3c(c2-c2nc4ccccc4s2)CC[NH+](C)C3)cc1. The van der Waals surface area contributed by atoms with Gasteiger partial charge in [-0.1, -0.05) is 12.1 Å². The molecule has 0 bridgehead atoms. The number of anilines is 1. The minimum absolute atomic E-state index is 0.154. The number of para-hydroxylation sites is 1. The highest BCUT2D eigenvalue weighted by molar-refractivity contribution is 7.89. The number of amides is 1. The standard InChI is InChI=1S/C24H24N4O3S3/c1-27(2)34(30,31)16-10-8-15(9-11-16)22(29)26-24-21(17-12-13-28(3)14-20(17)33-24)23-25-18-6-4-5-7-19(18)32-23/h4-11H,12-14H2,1-3H3,(H,26,29)/p+1. The number of rotatable bonds is 5. The zero-order chi connectivity index (χ0) is 24.0. The highest BCUT2D eigenvalue weighted by Crippen LogP contribution is 2.44. The maximum Gasteiger partial charge on any atom is 0.256 e. The quantitative estimate of drug-likeness (QED) is 0.430. The van der Waals surface area contributed by atoms with E-state index in [2.05, 4.69) is 18.4 Å². The number of carbonyl (C=O) groups is 1. The monoisotopic (exact) mass is 513 g/mol. The Bertz CT molecular complexity index is 1450. The Morgan fingerprint density at radius 1 is 1.09 bits per heavy atom. The van der Waals surface area contributed by atoms with E-state index in [1.54, 1.807) is 34.8 Å². The number of likely N-dealkylation sites (N-methyl/N-ethyl adjacent to an activating group) is 1. The van der Waals surface area contributed by atoms with Gasteiger partial charge in [-0.2, -0.15) is 0 Å². The number of hydrogen-bond acceptors (Lipinski definition) is 6. The maximum atomic E-state index is 13.2. The molecule has 3 heterocycles. The molecular formula is C24H25N4O3S3+. The summed E-state index contributed by atoms with van der Waals surface area (Å²) in [5.41, 5.74) is 3.66. The molecule has 2 aromatic heterocycles. The van der Waals surface area contributed by atoms with Crippen LogP contribution in [-0.2, 0) is 23.0 Å². The number of quaternary nitrogens is 1. The molecule has 0 saturated carbocycles. The third-order valence-corrected chi connectivity index (χ3v) is 10.0. The molecule has 1 amide bonds. The van der Waals surface area contributed by atoms with Crippen LogP contribution in [0.4, 0.5) is 5.00 Å². The number of nitrogens with one attached hydrogen (secondary N) is 2. The summed E-state index contributed by atoms with van der Waals surface area (Å²) >= 11 is 3.26. The van der Waals surface area contributed by atoms with Gasteiger partial charge in [-0.25, -0.2) is 17.7 Å². The molecule has 1 atom stereocenters. The molecule has 2 N–H and O–H groups in total. The Hall–Kier alpha value is -2.63. The number of thiophene rings is 1. The first kappa shape index (κ1) is 23.1. The smallest absolute Gasteiger partial charge is 0.256 e. The number of fused-ring (bicyclic) bond motifs is 2. The first-order valence-electron chi connectivity index (χ1n) is 10.9. The summed E-state index contributed by atoms with van der Waals surface area (Å²) in [6, 6.07) is 14.1. The molecule has 0 aliphatic carbocycles. The van der Waals surface area contributed by atoms with Gasteiger partial charge in [0.1, 0.15) is 16.6 Å². The lowest BCUT2D eigenvalue weighted by Gasteiger charge is -2.19. The Morgan fingerprint density at radius 3 is 2.53 bits per heavy atom. The van der Waals surface area contributed by atoms with Gasteiger partial charge >= 0.3 is 0 Å². The summed E-state index contributed by atoms with van der Waals surface area (Å²) in [6.45, 7) is 1.96. The summed E-state index contributed by atoms with van der Waals surface area (Å²) in [5.74, 6) is -0.268. The van der Waals surface area contributed by atoms with Crippen molar-refractivity contribution in [3.8, 4) is 10.6 Å². The second-order valence-electron chi connectivity index (χ2n) is 8.59. The van der Waals surface area contributed by atoms with E-state index in [1.165, 1.54) is 41.6 Å². The van der Waals surface area contributed by atoms with Crippen LogP contribution >= 0.6 is 22.7 Å². The lowest BCUT2D eigenvalue weighted by molar-refractivity contribution is -0.895. The molecule has 34 heavy (non-hydrogen) atoms. The minimum atomic E-state index is -3.55. The third-order valence-electron chi connectivity index (χ3n) is 5.98. The first-order chi connectivity index (χ1) is 16.2. The molecule has 10 heteroatoms. The van der Waals surface area contributed by atoms with E-state index < -0.39 is 10.0 Å². The number of sulfonamides is 1. The molecule has 0 spiro atoms. The molecule has 0 fully saturated rings. The van der Waals surface area contributed by atoms with Crippen LogP contribution in [0.15, 0.2) is 53.4 Å². The van der Waals surface area contributed by atoms with Crippen molar-refractivity contribution in [2.75, 3.05) is 33.0 Å². The highest BCUT2D eigenvalue weighted by Gasteiger charge is 2.28. The van der Waals surface area contributed by atoms with Gasteiger partial charge in [0, 0.05) is 31.6 Å². The second-order valence-corrected chi connectivity index (χ2v) is 12.9. The maximum absolute atomic E-state index is 13.2. The Labute approximate surface area is 206 Å². The van der Waals surface area contributed by atoms with E-state index >= 15 is 0 Å². The number of carbonyl (C=O) groups excluding carboxylic acids is 1. The van der Waals surface area contributed by atoms with E-state index in [1.807, 2.05) is 18.2 Å². The van der Waals surface area contributed by atoms with Crippen LogP contribution < -0.4 is 10.2 Å². The number of nitrogens with zero attached hydrogens (tertiary/aromatic N) is 2. The Morgan fingerprint density at radius 2 is 1.82 bits per heavy atom. The molecule has 1 unspecified atom stereocenters. The van der Waals surface area contributed by atoms with E-state index in [0.29, 0.717) is 5.56 Å². The molecule has 2 aromatic carbocycles. The van der Waals surface area contributed by atoms with Crippen molar-refractivity contribution in [1.82, 2.24) is 9.29 Å². The van der Waals surface area contributed by atoms with Crippen molar-refractivity contribution < 1.29 is 18.1 Å². The fraction of sp³-hybridized carbons (Fsp3) is 0.250. The largest absolute Gasteiger partial charge is 0.333 e. The van der Waals surface area contributed by atoms with Crippen LogP contribution in [0, 0.1) is 0 Å². The molecule has 5 rings (SSSR count). The van der Waals surface area contributed by atoms with Gasteiger partial charge in [-0.3, -0.25) is 4.79 Å². The lowest BCUT2D eigenvalue weighted by atomic mass is 10.0. The fourth-order valence-electron chi connectivity index (χ4n) is 4.08. The van der Waals surface area contributed by atoms with Gasteiger partial charge in [0.25, 0.3) is 5.91 Å². The number of aromatic nitrogens is 1. The van der Waals surface area contributed by atoms with Crippen LogP contribution in [0.1, 0.15) is 20.8 Å². The van der Waals surface area contributed by atoms with Crippen molar-refractivity contribution in [3.63, 3.8) is 0 Å². The van der Waals surface area contributed by atoms with Gasteiger partial charge in [-0.05, 0) is 42.0 Å². The summed E-state index contributed by atoms with van der Waals surface area (Å²) < 4.78 is 26.9. The van der Waals surface area contributed by atoms with Gasteiger partial charge in [0.05, 0.1) is 33.6 Å². The predicted octanol–water partition coefficient (Wildman–Crippen LogP) is 3.10. The Kier molecular flexibility index (Phi) is 6.03. The van der Waals surface area contributed by atoms with Crippen molar-refractivity contribution in [2.24, 2.45) is 0 Å². The average Bonchev–Trinajstić information content (AvgIpc) is 3.39. The van der Waals surface area contributed by atoms with Crippen molar-refractivity contribution in [3.05, 3.63) is 64.5 Å². The topological polar surface area (TPSA) is 83.8 Å². The van der Waals surface area contributed by atoms with Crippen molar-refractivity contribution in [1.29, 1.82) is 0 Å². The predicted molar refractivity (Wildman–Crippen MR) is 137 cm³/mol. The molecule has 1 aliphatic rings. The lowest BCUT2D eigenvalue weighted by Crippen LogP contribution is -3.08. The minimum Gasteiger partial charge on any atom is -0.333 e. The fourth-order valence-corrected chi connectivity index (χ4v) is 7.45. The zero-order valence-corrected chi connectivity index (χ0v) is 21.5. The summed E-state index contributed by atoms with van der Waals surface area (Å²) in [5, 5.41) is 4.82. The van der Waals surface area contributed by atoms with E-state index in [0.717, 1.165) is 49.6 Å². The first-order valence-corrected chi connectivity index (χ1v) is 14.0. The van der Waals surface area contributed by atoms with Crippen LogP contribution in [0.25, 0.3) is 20.8 Å². The zero-order valence-electron chi connectivity index (χ0n) is 19.1. The van der Waals surface area contributed by atoms with E-state index in [9.17, 15) is 13.2 Å². The molecule has 7 nitrogen and oxygen atoms in total. The summed E-state index contributed by atoms with van der Waals surface area (Å²) in [6.07, 6.45) is 0.940. The van der Waals surface area contributed by atoms with Gasteiger partial charge in [-0.15, -0.1) is 22.7 Å². The molecule has 1 aliphatic heterocycles. The number of benzene rings is 2. The highest BCUT2D eigenvalue weighted by atomic mass is 32.2. The van der Waals surface area contributed by atoms with Crippen LogP contribution in [0.2, 0.25) is 0 Å². The average molecular weight is 514 g/mol. The number of hydrogen-bond donors (Lipinski definition) is 2. The van der Waals surface area contributed by atoms with Gasteiger partial charge in [0.15, 0.2) is 0 Å². The van der Waals surface area contributed by atoms with Crippen molar-refractivity contribution >= 4 is 53.8 Å². The van der Waals surface area contributed by atoms with Crippen molar-refractivity contribution in [2.45, 2.75) is 17.9 Å². The molecule has 0 radical (unpaired) electrons. The summed E-state index contributed by atoms with van der Waals surface area (Å²) in [7, 11) is 1.60. The number of thiazole rings is 1.